The Kier molecular flexibility index (Phi) is 3.09. The first-order chi connectivity index (χ1) is 9.18. The van der Waals surface area contributed by atoms with E-state index in [0.29, 0.717) is 5.56 Å². The molecule has 0 unspecified atom stereocenters. The minimum atomic E-state index is -0.592. The third-order valence-corrected chi connectivity index (χ3v) is 4.19. The van der Waals surface area contributed by atoms with Gasteiger partial charge in [0.2, 0.25) is 0 Å². The van der Waals surface area contributed by atoms with E-state index in [1.165, 1.54) is 29.5 Å². The summed E-state index contributed by atoms with van der Waals surface area (Å²) in [4.78, 5) is 12.5. The van der Waals surface area contributed by atoms with Gasteiger partial charge in [0.05, 0.1) is 10.6 Å². The summed E-state index contributed by atoms with van der Waals surface area (Å²) in [6, 6.07) is 11.6. The van der Waals surface area contributed by atoms with Crippen LogP contribution in [0.15, 0.2) is 47.8 Å². The lowest BCUT2D eigenvalue weighted by Crippen LogP contribution is -2.05. The van der Waals surface area contributed by atoms with Crippen molar-refractivity contribution < 1.29 is 9.18 Å². The molecule has 0 saturated carbocycles. The molecule has 4 heteroatoms. The number of carbonyl (C=O) groups is 1. The predicted molar refractivity (Wildman–Crippen MR) is 76.7 cm³/mol. The second kappa shape index (κ2) is 4.76. The number of rotatable bonds is 2. The van der Waals surface area contributed by atoms with Crippen LogP contribution in [0.5, 0.6) is 0 Å². The van der Waals surface area contributed by atoms with E-state index in [2.05, 4.69) is 0 Å². The minimum absolute atomic E-state index is 0.0648. The molecule has 0 saturated heterocycles. The van der Waals surface area contributed by atoms with Crippen LogP contribution in [0.1, 0.15) is 15.9 Å². The minimum Gasteiger partial charge on any atom is -0.288 e. The van der Waals surface area contributed by atoms with Crippen LogP contribution in [0, 0.1) is 5.82 Å². The Morgan fingerprint density at radius 2 is 1.89 bits per heavy atom. The van der Waals surface area contributed by atoms with Crippen molar-refractivity contribution in [3.8, 4) is 0 Å². The first-order valence-corrected chi connectivity index (χ1v) is 6.89. The number of ketones is 1. The summed E-state index contributed by atoms with van der Waals surface area (Å²) in [6.07, 6.45) is 0. The van der Waals surface area contributed by atoms with Gasteiger partial charge in [0.1, 0.15) is 5.82 Å². The molecule has 1 heterocycles. The van der Waals surface area contributed by atoms with Crippen molar-refractivity contribution >= 4 is 38.8 Å². The zero-order valence-electron chi connectivity index (χ0n) is 9.69. The Balaban J connectivity index is 2.22. The van der Waals surface area contributed by atoms with Crippen molar-refractivity contribution in [1.29, 1.82) is 0 Å². The van der Waals surface area contributed by atoms with Crippen molar-refractivity contribution in [1.82, 2.24) is 0 Å². The van der Waals surface area contributed by atoms with Gasteiger partial charge in [-0.05, 0) is 35.0 Å². The third kappa shape index (κ3) is 2.05. The number of carbonyl (C=O) groups excluding carboxylic acids is 1. The van der Waals surface area contributed by atoms with Gasteiger partial charge in [-0.1, -0.05) is 29.8 Å². The first-order valence-electron chi connectivity index (χ1n) is 5.63. The summed E-state index contributed by atoms with van der Waals surface area (Å²) in [6.45, 7) is 0. The highest BCUT2D eigenvalue weighted by Gasteiger charge is 2.19. The molecule has 0 fully saturated rings. The Morgan fingerprint density at radius 1 is 1.11 bits per heavy atom. The molecule has 1 nitrogen and oxygen atoms in total. The largest absolute Gasteiger partial charge is 0.288 e. The summed E-state index contributed by atoms with van der Waals surface area (Å²) in [5.41, 5.74) is 0.421. The zero-order valence-corrected chi connectivity index (χ0v) is 11.3. The predicted octanol–water partition coefficient (Wildman–Crippen LogP) is 4.92. The zero-order chi connectivity index (χ0) is 13.4. The van der Waals surface area contributed by atoms with E-state index in [4.69, 9.17) is 11.6 Å². The van der Waals surface area contributed by atoms with Gasteiger partial charge in [-0.25, -0.2) is 4.39 Å². The highest BCUT2D eigenvalue weighted by atomic mass is 35.5. The normalized spacial score (nSPS) is 10.8. The maximum Gasteiger partial charge on any atom is 0.198 e. The molecule has 2 aromatic carbocycles. The summed E-state index contributed by atoms with van der Waals surface area (Å²) >= 11 is 7.40. The number of hydrogen-bond acceptors (Lipinski definition) is 2. The molecule has 3 aromatic rings. The van der Waals surface area contributed by atoms with Gasteiger partial charge < -0.3 is 0 Å². The maximum absolute atomic E-state index is 13.8. The molecule has 3 rings (SSSR count). The SMILES string of the molecule is O=C(c1c(F)cccc1Cl)c1cccc2ccsc12. The van der Waals surface area contributed by atoms with Crippen molar-refractivity contribution in [3.05, 3.63) is 69.8 Å². The second-order valence-electron chi connectivity index (χ2n) is 4.07. The van der Waals surface area contributed by atoms with Crippen molar-refractivity contribution in [3.63, 3.8) is 0 Å². The quantitative estimate of drug-likeness (QED) is 0.612. The third-order valence-electron chi connectivity index (χ3n) is 2.91. The van der Waals surface area contributed by atoms with Gasteiger partial charge in [0.25, 0.3) is 0 Å². The van der Waals surface area contributed by atoms with Crippen LogP contribution < -0.4 is 0 Å². The molecule has 0 amide bonds. The van der Waals surface area contributed by atoms with E-state index in [0.717, 1.165) is 10.1 Å². The molecule has 0 spiro atoms. The molecular formula is C15H8ClFOS. The van der Waals surface area contributed by atoms with Crippen LogP contribution in [0.25, 0.3) is 10.1 Å². The monoisotopic (exact) mass is 290 g/mol. The maximum atomic E-state index is 13.8. The van der Waals surface area contributed by atoms with E-state index in [-0.39, 0.29) is 16.4 Å². The molecule has 0 bridgehead atoms. The topological polar surface area (TPSA) is 17.1 Å². The number of hydrogen-bond donors (Lipinski definition) is 0. The van der Waals surface area contributed by atoms with Gasteiger partial charge in [-0.15, -0.1) is 11.3 Å². The van der Waals surface area contributed by atoms with Gasteiger partial charge >= 0.3 is 0 Å². The lowest BCUT2D eigenvalue weighted by atomic mass is 10.0. The summed E-state index contributed by atoms with van der Waals surface area (Å²) in [5.74, 6) is -0.970. The van der Waals surface area contributed by atoms with E-state index < -0.39 is 5.82 Å². The van der Waals surface area contributed by atoms with Crippen LogP contribution in [0.3, 0.4) is 0 Å². The van der Waals surface area contributed by atoms with Crippen molar-refractivity contribution in [2.75, 3.05) is 0 Å². The van der Waals surface area contributed by atoms with Gasteiger partial charge in [0.15, 0.2) is 5.78 Å². The van der Waals surface area contributed by atoms with E-state index in [1.807, 2.05) is 17.5 Å². The molecule has 0 N–H and O–H groups in total. The highest BCUT2D eigenvalue weighted by Crippen LogP contribution is 2.29. The second-order valence-corrected chi connectivity index (χ2v) is 5.39. The Morgan fingerprint density at radius 3 is 2.68 bits per heavy atom. The lowest BCUT2D eigenvalue weighted by molar-refractivity contribution is 0.103. The highest BCUT2D eigenvalue weighted by molar-refractivity contribution is 7.17. The Labute approximate surface area is 118 Å². The number of halogens is 2. The van der Waals surface area contributed by atoms with Crippen LogP contribution in [0.2, 0.25) is 5.02 Å². The molecule has 0 aliphatic rings. The van der Waals surface area contributed by atoms with Crippen molar-refractivity contribution in [2.45, 2.75) is 0 Å². The molecule has 0 aliphatic carbocycles. The van der Waals surface area contributed by atoms with Crippen LogP contribution in [0.4, 0.5) is 4.39 Å². The van der Waals surface area contributed by atoms with Crippen LogP contribution in [-0.2, 0) is 0 Å². The number of fused-ring (bicyclic) bond motifs is 1. The van der Waals surface area contributed by atoms with E-state index >= 15 is 0 Å². The van der Waals surface area contributed by atoms with E-state index in [9.17, 15) is 9.18 Å². The molecule has 94 valence electrons. The number of thiophene rings is 1. The number of benzene rings is 2. The van der Waals surface area contributed by atoms with Gasteiger partial charge in [-0.2, -0.15) is 0 Å². The average molecular weight is 291 g/mol. The lowest BCUT2D eigenvalue weighted by Gasteiger charge is -2.06. The molecular weight excluding hydrogens is 283 g/mol. The molecule has 19 heavy (non-hydrogen) atoms. The molecule has 1 aromatic heterocycles. The standard InChI is InChI=1S/C15H8ClFOS/c16-11-5-2-6-12(17)13(11)14(18)10-4-1-3-9-7-8-19-15(9)10/h1-8H. The smallest absolute Gasteiger partial charge is 0.198 e. The fraction of sp³-hybridized carbons (Fsp3) is 0. The Bertz CT molecular complexity index is 758. The fourth-order valence-electron chi connectivity index (χ4n) is 2.02. The van der Waals surface area contributed by atoms with Crippen molar-refractivity contribution in [2.24, 2.45) is 0 Å². The summed E-state index contributed by atoms with van der Waals surface area (Å²) in [5, 5.41) is 3.02. The summed E-state index contributed by atoms with van der Waals surface area (Å²) < 4.78 is 14.7. The average Bonchev–Trinajstić information content (AvgIpc) is 2.86. The summed E-state index contributed by atoms with van der Waals surface area (Å²) in [7, 11) is 0. The van der Waals surface area contributed by atoms with Crippen LogP contribution >= 0.6 is 22.9 Å². The van der Waals surface area contributed by atoms with Gasteiger partial charge in [-0.3, -0.25) is 4.79 Å². The molecule has 0 atom stereocenters. The van der Waals surface area contributed by atoms with Crippen LogP contribution in [-0.4, -0.2) is 5.78 Å². The Hall–Kier alpha value is -1.71. The van der Waals surface area contributed by atoms with E-state index in [1.54, 1.807) is 12.1 Å². The first kappa shape index (κ1) is 12.3. The molecule has 0 aliphatic heterocycles. The molecule has 0 radical (unpaired) electrons. The van der Waals surface area contributed by atoms with Gasteiger partial charge in [0, 0.05) is 10.3 Å². The fourth-order valence-corrected chi connectivity index (χ4v) is 3.18.